The number of aromatic nitrogens is 3. The lowest BCUT2D eigenvalue weighted by Crippen LogP contribution is -2.31. The molecule has 0 saturated heterocycles. The predicted molar refractivity (Wildman–Crippen MR) is 128 cm³/mol. The first kappa shape index (κ1) is 22.1. The van der Waals surface area contributed by atoms with Gasteiger partial charge in [0.25, 0.3) is 5.91 Å². The van der Waals surface area contributed by atoms with Crippen molar-refractivity contribution in [3.05, 3.63) is 101 Å². The molecule has 0 radical (unpaired) electrons. The first-order chi connectivity index (χ1) is 16.5. The summed E-state index contributed by atoms with van der Waals surface area (Å²) >= 11 is 2.72. The van der Waals surface area contributed by atoms with Gasteiger partial charge in [0, 0.05) is 18.1 Å². The van der Waals surface area contributed by atoms with Crippen molar-refractivity contribution in [3.63, 3.8) is 0 Å². The van der Waals surface area contributed by atoms with Gasteiger partial charge in [-0.05, 0) is 36.2 Å². The molecule has 8 nitrogen and oxygen atoms in total. The molecule has 1 aliphatic heterocycles. The van der Waals surface area contributed by atoms with Crippen LogP contribution in [-0.4, -0.2) is 32.0 Å². The van der Waals surface area contributed by atoms with Gasteiger partial charge < -0.3 is 9.52 Å². The molecule has 4 heterocycles. The smallest absolute Gasteiger partial charge is 0.296 e. The molecule has 0 aliphatic carbocycles. The van der Waals surface area contributed by atoms with Gasteiger partial charge in [0.2, 0.25) is 10.9 Å². The Labute approximate surface area is 203 Å². The van der Waals surface area contributed by atoms with Crippen LogP contribution in [0.1, 0.15) is 33.5 Å². The SMILES string of the molecule is Cc1ccc(C(=O)C2=C(O)C(=O)N(c3nnc(SCc4ccccc4)s3)[C@@H]2c2cccnc2)o1. The van der Waals surface area contributed by atoms with Crippen LogP contribution in [0.3, 0.4) is 0 Å². The Morgan fingerprint density at radius 3 is 2.68 bits per heavy atom. The van der Waals surface area contributed by atoms with E-state index >= 15 is 0 Å². The number of amides is 1. The fourth-order valence-corrected chi connectivity index (χ4v) is 5.48. The Bertz CT molecular complexity index is 1380. The molecule has 0 saturated carbocycles. The maximum absolute atomic E-state index is 13.3. The van der Waals surface area contributed by atoms with Crippen LogP contribution in [0.4, 0.5) is 5.13 Å². The summed E-state index contributed by atoms with van der Waals surface area (Å²) in [6.07, 6.45) is 3.14. The second-order valence-corrected chi connectivity index (χ2v) is 9.67. The fourth-order valence-electron chi connectivity index (χ4n) is 3.65. The molecule has 170 valence electrons. The molecule has 5 rings (SSSR count). The number of nitrogens with zero attached hydrogens (tertiary/aromatic N) is 4. The van der Waals surface area contributed by atoms with Crippen molar-refractivity contribution in [1.29, 1.82) is 0 Å². The zero-order chi connectivity index (χ0) is 23.7. The first-order valence-corrected chi connectivity index (χ1v) is 12.1. The van der Waals surface area contributed by atoms with Crippen LogP contribution < -0.4 is 4.90 Å². The number of ketones is 1. The van der Waals surface area contributed by atoms with Crippen molar-refractivity contribution in [2.24, 2.45) is 0 Å². The van der Waals surface area contributed by atoms with Gasteiger partial charge >= 0.3 is 0 Å². The second-order valence-electron chi connectivity index (χ2n) is 7.49. The van der Waals surface area contributed by atoms with Gasteiger partial charge in [0.05, 0.1) is 11.6 Å². The van der Waals surface area contributed by atoms with E-state index in [0.717, 1.165) is 5.56 Å². The highest BCUT2D eigenvalue weighted by Gasteiger charge is 2.46. The van der Waals surface area contributed by atoms with Gasteiger partial charge in [-0.25, -0.2) is 0 Å². The molecule has 4 aromatic rings. The zero-order valence-electron chi connectivity index (χ0n) is 17.9. The molecular weight excluding hydrogens is 472 g/mol. The first-order valence-electron chi connectivity index (χ1n) is 10.3. The molecule has 0 fully saturated rings. The number of carbonyl (C=O) groups excluding carboxylic acids is 2. The van der Waals surface area contributed by atoms with Crippen LogP contribution in [0.15, 0.2) is 87.1 Å². The number of aliphatic hydroxyl groups excluding tert-OH is 1. The number of thioether (sulfide) groups is 1. The maximum Gasteiger partial charge on any atom is 0.296 e. The minimum Gasteiger partial charge on any atom is -0.503 e. The number of hydrogen-bond donors (Lipinski definition) is 1. The van der Waals surface area contributed by atoms with Crippen LogP contribution in [0.5, 0.6) is 0 Å². The molecule has 0 spiro atoms. The van der Waals surface area contributed by atoms with Gasteiger partial charge in [-0.15, -0.1) is 10.2 Å². The highest BCUT2D eigenvalue weighted by atomic mass is 32.2. The zero-order valence-corrected chi connectivity index (χ0v) is 19.5. The predicted octanol–water partition coefficient (Wildman–Crippen LogP) is 4.91. The summed E-state index contributed by atoms with van der Waals surface area (Å²) < 4.78 is 6.14. The maximum atomic E-state index is 13.3. The number of benzene rings is 1. The third-order valence-corrected chi connectivity index (χ3v) is 7.35. The van der Waals surface area contributed by atoms with Crippen molar-refractivity contribution < 1.29 is 19.1 Å². The third-order valence-electron chi connectivity index (χ3n) is 5.22. The van der Waals surface area contributed by atoms with Gasteiger partial charge in [0.15, 0.2) is 15.9 Å². The molecule has 10 heteroatoms. The summed E-state index contributed by atoms with van der Waals surface area (Å²) in [5.41, 5.74) is 1.61. The van der Waals surface area contributed by atoms with Crippen molar-refractivity contribution >= 4 is 39.9 Å². The number of Topliss-reactive ketones (excluding diaryl/α,β-unsaturated/α-hetero) is 1. The standard InChI is InChI=1S/C24H18N4O4S2/c1-14-9-10-17(32-14)20(29)18-19(16-8-5-11-25-12-16)28(22(31)21(18)30)23-26-27-24(34-23)33-13-15-6-3-2-4-7-15/h2-12,19,30H,13H2,1H3/t19-/m1/s1. The van der Waals surface area contributed by atoms with Crippen LogP contribution in [0, 0.1) is 6.92 Å². The van der Waals surface area contributed by atoms with Gasteiger partial charge in [-0.3, -0.25) is 19.5 Å². The van der Waals surface area contributed by atoms with Crippen LogP contribution in [-0.2, 0) is 10.5 Å². The fraction of sp³-hybridized carbons (Fsp3) is 0.125. The molecule has 0 bridgehead atoms. The number of anilines is 1. The average Bonchev–Trinajstić information content (AvgIpc) is 3.57. The molecule has 0 unspecified atom stereocenters. The molecular formula is C24H18N4O4S2. The Morgan fingerprint density at radius 2 is 1.97 bits per heavy atom. The number of rotatable bonds is 7. The van der Waals surface area contributed by atoms with Crippen molar-refractivity contribution in [1.82, 2.24) is 15.2 Å². The Kier molecular flexibility index (Phi) is 5.99. The summed E-state index contributed by atoms with van der Waals surface area (Å²) in [7, 11) is 0. The number of hydrogen-bond acceptors (Lipinski definition) is 9. The largest absolute Gasteiger partial charge is 0.503 e. The Balaban J connectivity index is 1.49. The number of aryl methyl sites for hydroxylation is 1. The molecule has 34 heavy (non-hydrogen) atoms. The van der Waals surface area contributed by atoms with E-state index in [2.05, 4.69) is 15.2 Å². The lowest BCUT2D eigenvalue weighted by molar-refractivity contribution is -0.117. The minimum atomic E-state index is -0.918. The van der Waals surface area contributed by atoms with E-state index in [-0.39, 0.29) is 16.5 Å². The van der Waals surface area contributed by atoms with E-state index in [1.54, 1.807) is 37.5 Å². The van der Waals surface area contributed by atoms with Crippen molar-refractivity contribution in [3.8, 4) is 0 Å². The number of pyridine rings is 1. The minimum absolute atomic E-state index is 0.0407. The van der Waals surface area contributed by atoms with E-state index in [1.807, 2.05) is 30.3 Å². The van der Waals surface area contributed by atoms with Gasteiger partial charge in [-0.2, -0.15) is 0 Å². The molecule has 1 aromatic carbocycles. The molecule has 1 atom stereocenters. The molecule has 3 aromatic heterocycles. The molecule has 1 amide bonds. The third kappa shape index (κ3) is 4.13. The lowest BCUT2D eigenvalue weighted by atomic mass is 9.96. The van der Waals surface area contributed by atoms with E-state index in [1.165, 1.54) is 34.1 Å². The average molecular weight is 491 g/mol. The summed E-state index contributed by atoms with van der Waals surface area (Å²) in [6, 6.07) is 15.6. The summed E-state index contributed by atoms with van der Waals surface area (Å²) in [5, 5.41) is 19.5. The summed E-state index contributed by atoms with van der Waals surface area (Å²) in [5.74, 6) is -0.650. The highest BCUT2D eigenvalue weighted by Crippen LogP contribution is 2.43. The van der Waals surface area contributed by atoms with Gasteiger partial charge in [-0.1, -0.05) is 59.5 Å². The number of aliphatic hydroxyl groups is 1. The van der Waals surface area contributed by atoms with Crippen LogP contribution in [0.25, 0.3) is 0 Å². The Hall–Kier alpha value is -3.76. The van der Waals surface area contributed by atoms with E-state index in [9.17, 15) is 14.7 Å². The molecule has 1 N–H and O–H groups in total. The lowest BCUT2D eigenvalue weighted by Gasteiger charge is -2.23. The summed E-state index contributed by atoms with van der Waals surface area (Å²) in [4.78, 5) is 31.9. The molecule has 1 aliphatic rings. The van der Waals surface area contributed by atoms with Gasteiger partial charge in [0.1, 0.15) is 5.76 Å². The number of furan rings is 1. The van der Waals surface area contributed by atoms with Crippen molar-refractivity contribution in [2.75, 3.05) is 4.90 Å². The summed E-state index contributed by atoms with van der Waals surface area (Å²) in [6.45, 7) is 1.71. The van der Waals surface area contributed by atoms with E-state index in [0.29, 0.717) is 21.4 Å². The number of carbonyl (C=O) groups is 2. The topological polar surface area (TPSA) is 109 Å². The Morgan fingerprint density at radius 1 is 1.15 bits per heavy atom. The normalized spacial score (nSPS) is 15.9. The second kappa shape index (κ2) is 9.24. The van der Waals surface area contributed by atoms with Crippen molar-refractivity contribution in [2.45, 2.75) is 23.1 Å². The van der Waals surface area contributed by atoms with E-state index in [4.69, 9.17) is 4.42 Å². The van der Waals surface area contributed by atoms with Crippen LogP contribution in [0.2, 0.25) is 0 Å². The monoisotopic (exact) mass is 490 g/mol. The van der Waals surface area contributed by atoms with Crippen LogP contribution >= 0.6 is 23.1 Å². The highest BCUT2D eigenvalue weighted by molar-refractivity contribution is 8.00. The quantitative estimate of drug-likeness (QED) is 0.221. The van der Waals surface area contributed by atoms with E-state index < -0.39 is 23.5 Å².